The van der Waals surface area contributed by atoms with Crippen molar-refractivity contribution in [2.75, 3.05) is 14.2 Å². The maximum atomic E-state index is 5.49. The Bertz CT molecular complexity index is 1110. The quantitative estimate of drug-likeness (QED) is 0.424. The molecule has 0 aliphatic carbocycles. The van der Waals surface area contributed by atoms with Crippen molar-refractivity contribution in [2.24, 2.45) is 0 Å². The Kier molecular flexibility index (Phi) is 6.20. The van der Waals surface area contributed by atoms with Crippen LogP contribution in [0.5, 0.6) is 11.5 Å². The van der Waals surface area contributed by atoms with E-state index in [1.807, 2.05) is 36.8 Å². The van der Waals surface area contributed by atoms with Crippen LogP contribution in [0.4, 0.5) is 0 Å². The monoisotopic (exact) mass is 399 g/mol. The van der Waals surface area contributed by atoms with Crippen LogP contribution in [-0.4, -0.2) is 29.1 Å². The third kappa shape index (κ3) is 4.58. The zero-order chi connectivity index (χ0) is 20.8. The molecule has 2 aromatic carbocycles. The minimum absolute atomic E-state index is 0.736. The van der Waals surface area contributed by atoms with Gasteiger partial charge in [0.25, 0.3) is 0 Å². The van der Waals surface area contributed by atoms with Gasteiger partial charge in [0.05, 0.1) is 19.7 Å². The highest BCUT2D eigenvalue weighted by Gasteiger charge is 2.13. The van der Waals surface area contributed by atoms with Crippen molar-refractivity contribution in [1.82, 2.24) is 14.9 Å². The van der Waals surface area contributed by atoms with E-state index < -0.39 is 0 Å². The number of hydrogen-bond donors (Lipinski definition) is 0. The van der Waals surface area contributed by atoms with E-state index in [0.717, 1.165) is 47.6 Å². The Labute approximate surface area is 176 Å². The van der Waals surface area contributed by atoms with Crippen molar-refractivity contribution < 1.29 is 9.47 Å². The summed E-state index contributed by atoms with van der Waals surface area (Å²) in [5.41, 5.74) is 4.64. The van der Waals surface area contributed by atoms with E-state index in [9.17, 15) is 0 Å². The summed E-state index contributed by atoms with van der Waals surface area (Å²) in [6.07, 6.45) is 5.53. The molecule has 2 aromatic heterocycles. The molecule has 2 heterocycles. The van der Waals surface area contributed by atoms with Crippen LogP contribution in [0.2, 0.25) is 0 Å². The average Bonchev–Trinajstić information content (AvgIpc) is 2.80. The first kappa shape index (κ1) is 19.9. The van der Waals surface area contributed by atoms with Crippen LogP contribution in [0.1, 0.15) is 16.7 Å². The molecule has 0 bridgehead atoms. The molecule has 5 nitrogen and oxygen atoms in total. The van der Waals surface area contributed by atoms with Crippen LogP contribution < -0.4 is 9.47 Å². The largest absolute Gasteiger partial charge is 0.493 e. The van der Waals surface area contributed by atoms with E-state index in [4.69, 9.17) is 9.47 Å². The maximum absolute atomic E-state index is 5.49. The topological polar surface area (TPSA) is 47.5 Å². The number of rotatable bonds is 8. The molecule has 30 heavy (non-hydrogen) atoms. The van der Waals surface area contributed by atoms with E-state index in [1.165, 1.54) is 11.1 Å². The van der Waals surface area contributed by atoms with Crippen molar-refractivity contribution in [3.8, 4) is 11.5 Å². The molecule has 0 atom stereocenters. The van der Waals surface area contributed by atoms with Gasteiger partial charge in [0.15, 0.2) is 11.5 Å². The van der Waals surface area contributed by atoms with Crippen LogP contribution in [0.25, 0.3) is 10.9 Å². The first-order valence-electron chi connectivity index (χ1n) is 9.91. The molecule has 0 amide bonds. The number of para-hydroxylation sites is 1. The van der Waals surface area contributed by atoms with Gasteiger partial charge in [0.1, 0.15) is 0 Å². The normalized spacial score (nSPS) is 11.0. The molecule has 0 spiro atoms. The molecular formula is C25H25N3O2. The van der Waals surface area contributed by atoms with Crippen molar-refractivity contribution in [1.29, 1.82) is 0 Å². The maximum Gasteiger partial charge on any atom is 0.161 e. The van der Waals surface area contributed by atoms with Crippen LogP contribution >= 0.6 is 0 Å². The second-order valence-electron chi connectivity index (χ2n) is 7.18. The zero-order valence-corrected chi connectivity index (χ0v) is 17.3. The number of methoxy groups -OCH3 is 2. The van der Waals surface area contributed by atoms with Crippen molar-refractivity contribution in [3.05, 3.63) is 95.9 Å². The molecule has 4 aromatic rings. The van der Waals surface area contributed by atoms with E-state index in [-0.39, 0.29) is 0 Å². The van der Waals surface area contributed by atoms with Gasteiger partial charge < -0.3 is 9.47 Å². The predicted octanol–water partition coefficient (Wildman–Crippen LogP) is 4.85. The van der Waals surface area contributed by atoms with Gasteiger partial charge >= 0.3 is 0 Å². The van der Waals surface area contributed by atoms with Gasteiger partial charge in [-0.1, -0.05) is 30.3 Å². The molecule has 0 radical (unpaired) electrons. The van der Waals surface area contributed by atoms with E-state index in [0.29, 0.717) is 0 Å². The SMILES string of the molecule is COc1ccc(CN(Cc2ccncc2)Cc2cccc3cccnc23)cc1OC. The Morgan fingerprint density at radius 3 is 2.30 bits per heavy atom. The minimum atomic E-state index is 0.736. The lowest BCUT2D eigenvalue weighted by Gasteiger charge is -2.24. The molecule has 152 valence electrons. The Hall–Kier alpha value is -3.44. The molecule has 0 aliphatic heterocycles. The van der Waals surface area contributed by atoms with Gasteiger partial charge in [-0.05, 0) is 47.0 Å². The standard InChI is InChI=1S/C25H25N3O2/c1-29-23-9-8-20(15-24(23)30-2)17-28(16-19-10-13-26-14-11-19)18-22-6-3-5-21-7-4-12-27-25(21)22/h3-15H,16-18H2,1-2H3. The molecular weight excluding hydrogens is 374 g/mol. The third-order valence-electron chi connectivity index (χ3n) is 5.12. The van der Waals surface area contributed by atoms with Crippen LogP contribution in [0.3, 0.4) is 0 Å². The molecule has 0 unspecified atom stereocenters. The number of nitrogens with zero attached hydrogens (tertiary/aromatic N) is 3. The molecule has 0 saturated heterocycles. The van der Waals surface area contributed by atoms with Gasteiger partial charge in [-0.3, -0.25) is 14.9 Å². The second kappa shape index (κ2) is 9.37. The summed E-state index contributed by atoms with van der Waals surface area (Å²) in [5, 5.41) is 1.16. The lowest BCUT2D eigenvalue weighted by molar-refractivity contribution is 0.248. The molecule has 0 fully saturated rings. The summed E-state index contributed by atoms with van der Waals surface area (Å²) in [5.74, 6) is 1.48. The Morgan fingerprint density at radius 2 is 1.50 bits per heavy atom. The number of ether oxygens (including phenoxy) is 2. The zero-order valence-electron chi connectivity index (χ0n) is 17.3. The molecule has 0 aliphatic rings. The first-order valence-corrected chi connectivity index (χ1v) is 9.91. The molecule has 0 N–H and O–H groups in total. The summed E-state index contributed by atoms with van der Waals surface area (Å²) in [6.45, 7) is 2.36. The smallest absolute Gasteiger partial charge is 0.161 e. The lowest BCUT2D eigenvalue weighted by atomic mass is 10.1. The third-order valence-corrected chi connectivity index (χ3v) is 5.12. The van der Waals surface area contributed by atoms with E-state index in [1.54, 1.807) is 14.2 Å². The summed E-state index contributed by atoms with van der Waals surface area (Å²) >= 11 is 0. The number of fused-ring (bicyclic) bond motifs is 1. The Morgan fingerprint density at radius 1 is 0.733 bits per heavy atom. The highest BCUT2D eigenvalue weighted by Crippen LogP contribution is 2.29. The fraction of sp³-hybridized carbons (Fsp3) is 0.200. The minimum Gasteiger partial charge on any atom is -0.493 e. The fourth-order valence-electron chi connectivity index (χ4n) is 3.69. The first-order chi connectivity index (χ1) is 14.8. The fourth-order valence-corrected chi connectivity index (χ4v) is 3.69. The van der Waals surface area contributed by atoms with Crippen LogP contribution in [0, 0.1) is 0 Å². The van der Waals surface area contributed by atoms with Crippen molar-refractivity contribution >= 4 is 10.9 Å². The number of pyridine rings is 2. The van der Waals surface area contributed by atoms with Crippen molar-refractivity contribution in [2.45, 2.75) is 19.6 Å². The molecule has 4 rings (SSSR count). The predicted molar refractivity (Wildman–Crippen MR) is 118 cm³/mol. The van der Waals surface area contributed by atoms with Gasteiger partial charge in [-0.15, -0.1) is 0 Å². The van der Waals surface area contributed by atoms with Crippen LogP contribution in [-0.2, 0) is 19.6 Å². The van der Waals surface area contributed by atoms with Gasteiger partial charge in [0.2, 0.25) is 0 Å². The van der Waals surface area contributed by atoms with Gasteiger partial charge in [-0.25, -0.2) is 0 Å². The lowest BCUT2D eigenvalue weighted by Crippen LogP contribution is -2.22. The van der Waals surface area contributed by atoms with Crippen LogP contribution in [0.15, 0.2) is 79.3 Å². The summed E-state index contributed by atoms with van der Waals surface area (Å²) in [4.78, 5) is 11.2. The molecule has 0 saturated carbocycles. The van der Waals surface area contributed by atoms with Crippen molar-refractivity contribution in [3.63, 3.8) is 0 Å². The highest BCUT2D eigenvalue weighted by atomic mass is 16.5. The van der Waals surface area contributed by atoms with Gasteiger partial charge in [0, 0.05) is 43.6 Å². The molecule has 5 heteroatoms. The summed E-state index contributed by atoms with van der Waals surface area (Å²) < 4.78 is 10.9. The van der Waals surface area contributed by atoms with E-state index in [2.05, 4.69) is 57.3 Å². The highest BCUT2D eigenvalue weighted by molar-refractivity contribution is 5.81. The number of hydrogen-bond acceptors (Lipinski definition) is 5. The number of aromatic nitrogens is 2. The number of benzene rings is 2. The summed E-state index contributed by atoms with van der Waals surface area (Å²) in [7, 11) is 3.32. The summed E-state index contributed by atoms with van der Waals surface area (Å²) in [6, 6.07) is 20.6. The van der Waals surface area contributed by atoms with E-state index >= 15 is 0 Å². The Balaban J connectivity index is 1.64. The van der Waals surface area contributed by atoms with Gasteiger partial charge in [-0.2, -0.15) is 0 Å². The second-order valence-corrected chi connectivity index (χ2v) is 7.18. The average molecular weight is 399 g/mol.